The molecule has 0 atom stereocenters. The summed E-state index contributed by atoms with van der Waals surface area (Å²) >= 11 is 2.20. The van der Waals surface area contributed by atoms with Gasteiger partial charge in [-0.25, -0.2) is 0 Å². The molecule has 106 valence electrons. The first-order chi connectivity index (χ1) is 8.96. The minimum absolute atomic E-state index is 0.0357. The van der Waals surface area contributed by atoms with E-state index in [1.807, 2.05) is 24.3 Å². The highest BCUT2D eigenvalue weighted by molar-refractivity contribution is 14.1. The van der Waals surface area contributed by atoms with Crippen molar-refractivity contribution in [3.63, 3.8) is 0 Å². The van der Waals surface area contributed by atoms with Crippen LogP contribution in [0.1, 0.15) is 56.8 Å². The highest BCUT2D eigenvalue weighted by Crippen LogP contribution is 2.23. The van der Waals surface area contributed by atoms with Crippen LogP contribution in [0.25, 0.3) is 0 Å². The molecule has 1 rings (SSSR count). The summed E-state index contributed by atoms with van der Waals surface area (Å²) < 4.78 is 1.00. The molecular formula is C16H24INO. The fraction of sp³-hybridized carbons (Fsp3) is 0.562. The van der Waals surface area contributed by atoms with Crippen molar-refractivity contribution in [2.45, 2.75) is 46.5 Å². The van der Waals surface area contributed by atoms with Crippen molar-refractivity contribution in [3.05, 3.63) is 33.4 Å². The number of carbonyl (C=O) groups is 1. The summed E-state index contributed by atoms with van der Waals surface area (Å²) in [5.74, 6) is 0.0357. The molecule has 1 aromatic rings. The Labute approximate surface area is 130 Å². The second-order valence-electron chi connectivity index (χ2n) is 5.78. The average Bonchev–Trinajstić information content (AvgIpc) is 2.37. The molecule has 1 N–H and O–H groups in total. The number of hydrogen-bond acceptors (Lipinski definition) is 1. The highest BCUT2D eigenvalue weighted by Gasteiger charge is 2.19. The quantitative estimate of drug-likeness (QED) is 0.548. The Morgan fingerprint density at radius 3 is 2.58 bits per heavy atom. The van der Waals surface area contributed by atoms with Gasteiger partial charge in [0.1, 0.15) is 0 Å². The predicted octanol–water partition coefficient (Wildman–Crippen LogP) is 4.63. The summed E-state index contributed by atoms with van der Waals surface area (Å²) in [6, 6.07) is 7.69. The van der Waals surface area contributed by atoms with Crippen molar-refractivity contribution in [2.75, 3.05) is 6.54 Å². The first-order valence-corrected chi connectivity index (χ1v) is 8.07. The van der Waals surface area contributed by atoms with Crippen LogP contribution in [-0.4, -0.2) is 12.5 Å². The summed E-state index contributed by atoms with van der Waals surface area (Å²) in [5, 5.41) is 3.06. The van der Waals surface area contributed by atoms with Gasteiger partial charge in [0.2, 0.25) is 0 Å². The van der Waals surface area contributed by atoms with Gasteiger partial charge < -0.3 is 5.32 Å². The number of hydrogen-bond donors (Lipinski definition) is 1. The van der Waals surface area contributed by atoms with Gasteiger partial charge in [0, 0.05) is 10.1 Å². The SMILES string of the molecule is CCCCCC(C)(C)CNC(=O)c1ccccc1I. The molecule has 0 saturated heterocycles. The number of rotatable bonds is 7. The molecule has 2 nitrogen and oxygen atoms in total. The zero-order chi connectivity index (χ0) is 14.3. The molecule has 0 heterocycles. The van der Waals surface area contributed by atoms with Crippen LogP contribution in [0.15, 0.2) is 24.3 Å². The van der Waals surface area contributed by atoms with Gasteiger partial charge in [0.15, 0.2) is 0 Å². The van der Waals surface area contributed by atoms with Crippen molar-refractivity contribution >= 4 is 28.5 Å². The Bertz CT molecular complexity index is 415. The molecule has 0 aliphatic heterocycles. The highest BCUT2D eigenvalue weighted by atomic mass is 127. The Morgan fingerprint density at radius 2 is 1.95 bits per heavy atom. The third-order valence-corrected chi connectivity index (χ3v) is 4.24. The van der Waals surface area contributed by atoms with Crippen LogP contribution in [0.4, 0.5) is 0 Å². The topological polar surface area (TPSA) is 29.1 Å². The monoisotopic (exact) mass is 373 g/mol. The number of unbranched alkanes of at least 4 members (excludes halogenated alkanes) is 2. The van der Waals surface area contributed by atoms with Crippen molar-refractivity contribution < 1.29 is 4.79 Å². The fourth-order valence-electron chi connectivity index (χ4n) is 2.00. The second-order valence-corrected chi connectivity index (χ2v) is 6.95. The summed E-state index contributed by atoms with van der Waals surface area (Å²) in [5.41, 5.74) is 0.942. The van der Waals surface area contributed by atoms with Crippen LogP contribution in [-0.2, 0) is 0 Å². The number of carbonyl (C=O) groups excluding carboxylic acids is 1. The van der Waals surface area contributed by atoms with Gasteiger partial charge >= 0.3 is 0 Å². The lowest BCUT2D eigenvalue weighted by Gasteiger charge is -2.25. The van der Waals surface area contributed by atoms with E-state index in [1.165, 1.54) is 19.3 Å². The Balaban J connectivity index is 2.47. The summed E-state index contributed by atoms with van der Waals surface area (Å²) in [6.45, 7) is 7.39. The molecule has 0 aromatic heterocycles. The maximum absolute atomic E-state index is 12.1. The molecule has 0 aliphatic carbocycles. The first kappa shape index (κ1) is 16.5. The van der Waals surface area contributed by atoms with E-state index in [9.17, 15) is 4.79 Å². The van der Waals surface area contributed by atoms with E-state index in [4.69, 9.17) is 0 Å². The average molecular weight is 373 g/mol. The van der Waals surface area contributed by atoms with E-state index in [1.54, 1.807) is 0 Å². The van der Waals surface area contributed by atoms with E-state index >= 15 is 0 Å². The van der Waals surface area contributed by atoms with E-state index in [-0.39, 0.29) is 11.3 Å². The van der Waals surface area contributed by atoms with Gasteiger partial charge in [-0.2, -0.15) is 0 Å². The van der Waals surface area contributed by atoms with Gasteiger partial charge in [0.05, 0.1) is 5.56 Å². The normalized spacial score (nSPS) is 11.4. The third-order valence-electron chi connectivity index (χ3n) is 3.30. The van der Waals surface area contributed by atoms with E-state index < -0.39 is 0 Å². The van der Waals surface area contributed by atoms with Gasteiger partial charge in [-0.3, -0.25) is 4.79 Å². The van der Waals surface area contributed by atoms with E-state index in [0.717, 1.165) is 22.1 Å². The van der Waals surface area contributed by atoms with Crippen LogP contribution in [0.2, 0.25) is 0 Å². The molecule has 0 saturated carbocycles. The molecule has 1 amide bonds. The molecular weight excluding hydrogens is 349 g/mol. The lowest BCUT2D eigenvalue weighted by Crippen LogP contribution is -2.34. The third kappa shape index (κ3) is 5.93. The van der Waals surface area contributed by atoms with Gasteiger partial charge in [-0.1, -0.05) is 52.2 Å². The number of benzene rings is 1. The minimum atomic E-state index is 0.0357. The van der Waals surface area contributed by atoms with Crippen molar-refractivity contribution in [2.24, 2.45) is 5.41 Å². The lowest BCUT2D eigenvalue weighted by atomic mass is 9.87. The molecule has 19 heavy (non-hydrogen) atoms. The van der Waals surface area contributed by atoms with Crippen molar-refractivity contribution in [1.29, 1.82) is 0 Å². The van der Waals surface area contributed by atoms with Crippen molar-refractivity contribution in [1.82, 2.24) is 5.32 Å². The predicted molar refractivity (Wildman–Crippen MR) is 89.4 cm³/mol. The van der Waals surface area contributed by atoms with Gasteiger partial charge in [-0.05, 0) is 46.6 Å². The molecule has 0 spiro atoms. The zero-order valence-electron chi connectivity index (χ0n) is 12.1. The summed E-state index contributed by atoms with van der Waals surface area (Å²) in [4.78, 5) is 12.1. The van der Waals surface area contributed by atoms with Gasteiger partial charge in [0.25, 0.3) is 5.91 Å². The summed E-state index contributed by atoms with van der Waals surface area (Å²) in [6.07, 6.45) is 4.91. The van der Waals surface area contributed by atoms with Crippen LogP contribution in [0.5, 0.6) is 0 Å². The van der Waals surface area contributed by atoms with Crippen LogP contribution < -0.4 is 5.32 Å². The minimum Gasteiger partial charge on any atom is -0.351 e. The maximum atomic E-state index is 12.1. The van der Waals surface area contributed by atoms with Crippen LogP contribution in [0, 0.1) is 8.99 Å². The standard InChI is InChI=1S/C16H24INO/c1-4-5-8-11-16(2,3)12-18-15(19)13-9-6-7-10-14(13)17/h6-7,9-10H,4-5,8,11-12H2,1-3H3,(H,18,19). The zero-order valence-corrected chi connectivity index (χ0v) is 14.3. The molecule has 1 aromatic carbocycles. The Morgan fingerprint density at radius 1 is 1.26 bits per heavy atom. The first-order valence-electron chi connectivity index (χ1n) is 6.99. The molecule has 0 unspecified atom stereocenters. The maximum Gasteiger partial charge on any atom is 0.252 e. The van der Waals surface area contributed by atoms with Crippen molar-refractivity contribution in [3.8, 4) is 0 Å². The number of halogens is 1. The number of amides is 1. The molecule has 0 aliphatic rings. The Hall–Kier alpha value is -0.580. The molecule has 3 heteroatoms. The van der Waals surface area contributed by atoms with E-state index in [0.29, 0.717) is 0 Å². The lowest BCUT2D eigenvalue weighted by molar-refractivity contribution is 0.0933. The molecule has 0 bridgehead atoms. The second kappa shape index (κ2) is 7.88. The van der Waals surface area contributed by atoms with Gasteiger partial charge in [-0.15, -0.1) is 0 Å². The van der Waals surface area contributed by atoms with E-state index in [2.05, 4.69) is 48.7 Å². The molecule has 0 radical (unpaired) electrons. The number of nitrogens with one attached hydrogen (secondary N) is 1. The summed E-state index contributed by atoms with van der Waals surface area (Å²) in [7, 11) is 0. The Kier molecular flexibility index (Phi) is 6.83. The van der Waals surface area contributed by atoms with Crippen LogP contribution in [0.3, 0.4) is 0 Å². The molecule has 0 fully saturated rings. The smallest absolute Gasteiger partial charge is 0.252 e. The van der Waals surface area contributed by atoms with Crippen LogP contribution >= 0.6 is 22.6 Å². The fourth-order valence-corrected chi connectivity index (χ4v) is 2.63. The largest absolute Gasteiger partial charge is 0.351 e.